The normalized spacial score (nSPS) is 24.9. The number of benzene rings is 1. The molecule has 7 nitrogen and oxygen atoms in total. The zero-order valence-corrected chi connectivity index (χ0v) is 15.8. The Hall–Kier alpha value is -2.44. The molecule has 2 fully saturated rings. The molecule has 0 aliphatic carbocycles. The summed E-state index contributed by atoms with van der Waals surface area (Å²) < 4.78 is 11.2. The minimum Gasteiger partial charge on any atom is -0.486 e. The molecule has 7 heteroatoms. The van der Waals surface area contributed by atoms with Gasteiger partial charge in [-0.05, 0) is 37.8 Å². The van der Waals surface area contributed by atoms with Crippen LogP contribution in [0, 0.1) is 0 Å². The maximum absolute atomic E-state index is 12.7. The maximum Gasteiger partial charge on any atom is 0.317 e. The van der Waals surface area contributed by atoms with Crippen molar-refractivity contribution in [2.24, 2.45) is 0 Å². The quantitative estimate of drug-likeness (QED) is 0.884. The first-order valence-corrected chi connectivity index (χ1v) is 9.93. The third-order valence-corrected chi connectivity index (χ3v) is 5.65. The third kappa shape index (κ3) is 3.68. The number of ether oxygens (including phenoxy) is 2. The Balaban J connectivity index is 1.41. The molecular weight excluding hydrogens is 346 g/mol. The predicted molar refractivity (Wildman–Crippen MR) is 101 cm³/mol. The van der Waals surface area contributed by atoms with Gasteiger partial charge in [0.25, 0.3) is 0 Å². The van der Waals surface area contributed by atoms with Gasteiger partial charge in [-0.25, -0.2) is 4.79 Å². The lowest BCUT2D eigenvalue weighted by Crippen LogP contribution is -2.51. The molecule has 3 heterocycles. The second-order valence-corrected chi connectivity index (χ2v) is 7.43. The van der Waals surface area contributed by atoms with Gasteiger partial charge in [0.2, 0.25) is 5.91 Å². The highest BCUT2D eigenvalue weighted by Crippen LogP contribution is 2.35. The first kappa shape index (κ1) is 17.9. The SMILES string of the molecule is CC[C@H]1CCCCN1C(=O)N[C@H]1CC(=O)N(c2ccc3c(c2)OCCO3)C1. The fourth-order valence-electron chi connectivity index (χ4n) is 4.20. The van der Waals surface area contributed by atoms with Gasteiger partial charge in [-0.2, -0.15) is 0 Å². The van der Waals surface area contributed by atoms with E-state index in [2.05, 4.69) is 12.2 Å². The summed E-state index contributed by atoms with van der Waals surface area (Å²) in [5, 5.41) is 3.07. The smallest absolute Gasteiger partial charge is 0.317 e. The molecule has 0 unspecified atom stereocenters. The van der Waals surface area contributed by atoms with Crippen LogP contribution in [0.1, 0.15) is 39.0 Å². The average Bonchev–Trinajstić information content (AvgIpc) is 3.07. The van der Waals surface area contributed by atoms with E-state index in [1.54, 1.807) is 4.90 Å². The molecule has 3 aliphatic rings. The molecule has 3 amide bonds. The molecule has 0 bridgehead atoms. The maximum atomic E-state index is 12.7. The van der Waals surface area contributed by atoms with Crippen LogP contribution in [0.15, 0.2) is 18.2 Å². The van der Waals surface area contributed by atoms with Crippen LogP contribution >= 0.6 is 0 Å². The number of fused-ring (bicyclic) bond motifs is 1. The number of amides is 3. The van der Waals surface area contributed by atoms with Gasteiger partial charge in [-0.15, -0.1) is 0 Å². The van der Waals surface area contributed by atoms with Crippen molar-refractivity contribution in [2.75, 3.05) is 31.2 Å². The van der Waals surface area contributed by atoms with E-state index in [0.29, 0.717) is 43.7 Å². The molecule has 0 spiro atoms. The fraction of sp³-hybridized carbons (Fsp3) is 0.600. The number of rotatable bonds is 3. The summed E-state index contributed by atoms with van der Waals surface area (Å²) in [5.41, 5.74) is 0.783. The predicted octanol–water partition coefficient (Wildman–Crippen LogP) is 2.54. The van der Waals surface area contributed by atoms with E-state index in [9.17, 15) is 9.59 Å². The van der Waals surface area contributed by atoms with E-state index >= 15 is 0 Å². The molecule has 4 rings (SSSR count). The minimum absolute atomic E-state index is 0.0164. The standard InChI is InChI=1S/C20H27N3O4/c1-2-15-5-3-4-8-22(15)20(25)21-14-11-19(24)23(13-14)16-6-7-17-18(12-16)27-10-9-26-17/h6-7,12,14-15H,2-5,8-11,13H2,1H3,(H,21,25)/t14-,15-/m0/s1. The Bertz CT molecular complexity index is 723. The van der Waals surface area contributed by atoms with Gasteiger partial charge in [0.15, 0.2) is 11.5 Å². The summed E-state index contributed by atoms with van der Waals surface area (Å²) in [7, 11) is 0. The molecule has 0 saturated carbocycles. The second kappa shape index (κ2) is 7.66. The molecule has 0 radical (unpaired) electrons. The van der Waals surface area contributed by atoms with Crippen LogP contribution in [-0.2, 0) is 4.79 Å². The van der Waals surface area contributed by atoms with E-state index in [1.807, 2.05) is 23.1 Å². The van der Waals surface area contributed by atoms with Gasteiger partial charge in [0, 0.05) is 37.3 Å². The lowest BCUT2D eigenvalue weighted by molar-refractivity contribution is -0.117. The van der Waals surface area contributed by atoms with Gasteiger partial charge in [-0.1, -0.05) is 6.92 Å². The molecule has 2 atom stereocenters. The summed E-state index contributed by atoms with van der Waals surface area (Å²) >= 11 is 0. The average molecular weight is 373 g/mol. The summed E-state index contributed by atoms with van der Waals surface area (Å²) in [4.78, 5) is 28.9. The van der Waals surface area contributed by atoms with E-state index in [4.69, 9.17) is 9.47 Å². The van der Waals surface area contributed by atoms with E-state index in [-0.39, 0.29) is 18.0 Å². The number of piperidine rings is 1. The van der Waals surface area contributed by atoms with Crippen molar-refractivity contribution in [3.63, 3.8) is 0 Å². The summed E-state index contributed by atoms with van der Waals surface area (Å²) in [6.45, 7) is 4.46. The van der Waals surface area contributed by atoms with Gasteiger partial charge in [0.05, 0.1) is 6.04 Å². The Morgan fingerprint density at radius 1 is 1.22 bits per heavy atom. The molecule has 2 saturated heterocycles. The first-order chi connectivity index (χ1) is 13.2. The van der Waals surface area contributed by atoms with Crippen LogP contribution in [0.2, 0.25) is 0 Å². The summed E-state index contributed by atoms with van der Waals surface area (Å²) in [5.74, 6) is 1.39. The van der Waals surface area contributed by atoms with Crippen molar-refractivity contribution in [2.45, 2.75) is 51.1 Å². The van der Waals surface area contributed by atoms with Crippen molar-refractivity contribution in [3.05, 3.63) is 18.2 Å². The lowest BCUT2D eigenvalue weighted by atomic mass is 10.0. The highest BCUT2D eigenvalue weighted by Gasteiger charge is 2.34. The number of likely N-dealkylation sites (tertiary alicyclic amines) is 1. The van der Waals surface area contributed by atoms with Crippen LogP contribution in [-0.4, -0.2) is 55.2 Å². The Kier molecular flexibility index (Phi) is 5.09. The molecule has 146 valence electrons. The van der Waals surface area contributed by atoms with Crippen LogP contribution in [0.4, 0.5) is 10.5 Å². The molecule has 3 aliphatic heterocycles. The van der Waals surface area contributed by atoms with Gasteiger partial charge in [0.1, 0.15) is 13.2 Å². The number of nitrogens with zero attached hydrogens (tertiary/aromatic N) is 2. The van der Waals surface area contributed by atoms with E-state index < -0.39 is 0 Å². The molecule has 1 aromatic carbocycles. The minimum atomic E-state index is -0.169. The monoisotopic (exact) mass is 373 g/mol. The fourth-order valence-corrected chi connectivity index (χ4v) is 4.20. The van der Waals surface area contributed by atoms with Crippen LogP contribution in [0.5, 0.6) is 11.5 Å². The van der Waals surface area contributed by atoms with E-state index in [1.165, 1.54) is 6.42 Å². The van der Waals surface area contributed by atoms with Crippen LogP contribution in [0.25, 0.3) is 0 Å². The van der Waals surface area contributed by atoms with Crippen molar-refractivity contribution in [1.82, 2.24) is 10.2 Å². The number of anilines is 1. The Labute approximate surface area is 159 Å². The Morgan fingerprint density at radius 2 is 2.04 bits per heavy atom. The molecular formula is C20H27N3O4. The highest BCUT2D eigenvalue weighted by atomic mass is 16.6. The van der Waals surface area contributed by atoms with Crippen molar-refractivity contribution < 1.29 is 19.1 Å². The number of urea groups is 1. The van der Waals surface area contributed by atoms with Crippen molar-refractivity contribution in [1.29, 1.82) is 0 Å². The highest BCUT2D eigenvalue weighted by molar-refractivity contribution is 5.97. The van der Waals surface area contributed by atoms with Crippen LogP contribution in [0.3, 0.4) is 0 Å². The molecule has 27 heavy (non-hydrogen) atoms. The zero-order valence-electron chi connectivity index (χ0n) is 15.8. The largest absolute Gasteiger partial charge is 0.486 e. The summed E-state index contributed by atoms with van der Waals surface area (Å²) in [6, 6.07) is 5.65. The number of carbonyl (C=O) groups is 2. The number of hydrogen-bond acceptors (Lipinski definition) is 4. The molecule has 1 N–H and O–H groups in total. The van der Waals surface area contributed by atoms with Gasteiger partial charge < -0.3 is 24.6 Å². The van der Waals surface area contributed by atoms with Gasteiger partial charge >= 0.3 is 6.03 Å². The third-order valence-electron chi connectivity index (χ3n) is 5.65. The van der Waals surface area contributed by atoms with Crippen molar-refractivity contribution >= 4 is 17.6 Å². The number of carbonyl (C=O) groups excluding carboxylic acids is 2. The van der Waals surface area contributed by atoms with Crippen LogP contribution < -0.4 is 19.7 Å². The van der Waals surface area contributed by atoms with E-state index in [0.717, 1.165) is 31.5 Å². The Morgan fingerprint density at radius 3 is 2.85 bits per heavy atom. The number of nitrogens with one attached hydrogen (secondary N) is 1. The molecule has 1 aromatic rings. The van der Waals surface area contributed by atoms with Crippen molar-refractivity contribution in [3.8, 4) is 11.5 Å². The summed E-state index contributed by atoms with van der Waals surface area (Å²) in [6.07, 6.45) is 4.60. The zero-order chi connectivity index (χ0) is 18.8. The van der Waals surface area contributed by atoms with Gasteiger partial charge in [-0.3, -0.25) is 4.79 Å². The second-order valence-electron chi connectivity index (χ2n) is 7.43. The number of hydrogen-bond donors (Lipinski definition) is 1. The topological polar surface area (TPSA) is 71.1 Å². The first-order valence-electron chi connectivity index (χ1n) is 9.93. The molecule has 0 aromatic heterocycles. The lowest BCUT2D eigenvalue weighted by Gasteiger charge is -2.35.